The van der Waals surface area contributed by atoms with Crippen LogP contribution >= 0.6 is 0 Å². The van der Waals surface area contributed by atoms with E-state index in [9.17, 15) is 9.59 Å². The first-order valence-electron chi connectivity index (χ1n) is 7.98. The highest BCUT2D eigenvalue weighted by Crippen LogP contribution is 2.10. The number of carbonyl (C=O) groups excluding carboxylic acids is 2. The molecule has 9 nitrogen and oxygen atoms in total. The molecule has 0 aliphatic carbocycles. The number of nitrogens with one attached hydrogen (secondary N) is 2. The molecule has 1 aromatic heterocycles. The standard InChI is InChI=1S/C18H16N4O5/c23-17(19-13-7-3-1-4-8-13)25-11-15-16(22-27-21-15)12-26-18(24)20-14-9-5-2-6-10-14/h1-10H,11-12H2,(H,19,23)(H,20,24). The van der Waals surface area contributed by atoms with Crippen molar-refractivity contribution in [3.05, 3.63) is 72.1 Å². The third-order valence-corrected chi connectivity index (χ3v) is 3.36. The quantitative estimate of drug-likeness (QED) is 0.683. The molecule has 0 aliphatic heterocycles. The van der Waals surface area contributed by atoms with Crippen LogP contribution in [0.15, 0.2) is 65.3 Å². The first-order chi connectivity index (χ1) is 13.2. The van der Waals surface area contributed by atoms with Gasteiger partial charge in [-0.25, -0.2) is 14.2 Å². The SMILES string of the molecule is O=C(Nc1ccccc1)OCc1nonc1COC(=O)Nc1ccccc1. The molecule has 27 heavy (non-hydrogen) atoms. The zero-order chi connectivity index (χ0) is 18.9. The van der Waals surface area contributed by atoms with Crippen molar-refractivity contribution in [2.45, 2.75) is 13.2 Å². The number of amides is 2. The lowest BCUT2D eigenvalue weighted by molar-refractivity contribution is 0.145. The number of nitrogens with zero attached hydrogens (tertiary/aromatic N) is 2. The van der Waals surface area contributed by atoms with Crippen molar-refractivity contribution < 1.29 is 23.7 Å². The lowest BCUT2D eigenvalue weighted by atomic mass is 10.3. The van der Waals surface area contributed by atoms with Gasteiger partial charge in [0, 0.05) is 11.4 Å². The zero-order valence-electron chi connectivity index (χ0n) is 14.1. The van der Waals surface area contributed by atoms with Crippen molar-refractivity contribution in [1.29, 1.82) is 0 Å². The van der Waals surface area contributed by atoms with Gasteiger partial charge in [0.2, 0.25) is 0 Å². The molecule has 2 aromatic carbocycles. The highest BCUT2D eigenvalue weighted by atomic mass is 16.6. The fourth-order valence-corrected chi connectivity index (χ4v) is 2.06. The van der Waals surface area contributed by atoms with Gasteiger partial charge < -0.3 is 9.47 Å². The van der Waals surface area contributed by atoms with Crippen LogP contribution in [0, 0.1) is 0 Å². The molecular weight excluding hydrogens is 352 g/mol. The van der Waals surface area contributed by atoms with Gasteiger partial charge in [0.15, 0.2) is 0 Å². The first kappa shape index (κ1) is 17.9. The molecule has 138 valence electrons. The van der Waals surface area contributed by atoms with E-state index >= 15 is 0 Å². The molecular formula is C18H16N4O5. The largest absolute Gasteiger partial charge is 0.443 e. The summed E-state index contributed by atoms with van der Waals surface area (Å²) in [5.74, 6) is 0. The number of rotatable bonds is 6. The predicted octanol–water partition coefficient (Wildman–Crippen LogP) is 3.57. The van der Waals surface area contributed by atoms with Crippen LogP contribution in [-0.2, 0) is 22.7 Å². The fraction of sp³-hybridized carbons (Fsp3) is 0.111. The van der Waals surface area contributed by atoms with Crippen LogP contribution < -0.4 is 10.6 Å². The van der Waals surface area contributed by atoms with Crippen LogP contribution in [-0.4, -0.2) is 22.5 Å². The number of para-hydroxylation sites is 2. The molecule has 0 atom stereocenters. The first-order valence-corrected chi connectivity index (χ1v) is 7.98. The van der Waals surface area contributed by atoms with E-state index in [0.717, 1.165) is 0 Å². The Bertz CT molecular complexity index is 811. The Morgan fingerprint density at radius 3 is 1.56 bits per heavy atom. The highest BCUT2D eigenvalue weighted by Gasteiger charge is 2.15. The maximum Gasteiger partial charge on any atom is 0.412 e. The third-order valence-electron chi connectivity index (χ3n) is 3.36. The molecule has 3 rings (SSSR count). The summed E-state index contributed by atoms with van der Waals surface area (Å²) in [6.07, 6.45) is -1.31. The number of anilines is 2. The Hall–Kier alpha value is -3.88. The smallest absolute Gasteiger partial charge is 0.412 e. The van der Waals surface area contributed by atoms with Gasteiger partial charge in [-0.1, -0.05) is 46.7 Å². The van der Waals surface area contributed by atoms with Crippen LogP contribution in [0.4, 0.5) is 21.0 Å². The minimum atomic E-state index is -0.655. The predicted molar refractivity (Wildman–Crippen MR) is 94.8 cm³/mol. The van der Waals surface area contributed by atoms with E-state index in [4.69, 9.17) is 9.47 Å². The van der Waals surface area contributed by atoms with E-state index < -0.39 is 12.2 Å². The maximum atomic E-state index is 11.8. The van der Waals surface area contributed by atoms with Crippen molar-refractivity contribution in [3.63, 3.8) is 0 Å². The van der Waals surface area contributed by atoms with E-state index in [0.29, 0.717) is 11.4 Å². The van der Waals surface area contributed by atoms with E-state index in [1.54, 1.807) is 48.5 Å². The molecule has 0 saturated heterocycles. The lowest BCUT2D eigenvalue weighted by Crippen LogP contribution is -2.16. The summed E-state index contributed by atoms with van der Waals surface area (Å²) in [6.45, 7) is -0.359. The van der Waals surface area contributed by atoms with Gasteiger partial charge in [0.05, 0.1) is 0 Å². The topological polar surface area (TPSA) is 116 Å². The summed E-state index contributed by atoms with van der Waals surface area (Å²) in [5.41, 5.74) is 1.71. The number of benzene rings is 2. The van der Waals surface area contributed by atoms with E-state index in [-0.39, 0.29) is 24.6 Å². The van der Waals surface area contributed by atoms with Crippen LogP contribution in [0.3, 0.4) is 0 Å². The molecule has 0 saturated carbocycles. The van der Waals surface area contributed by atoms with Crippen LogP contribution in [0.5, 0.6) is 0 Å². The van der Waals surface area contributed by atoms with Gasteiger partial charge in [-0.2, -0.15) is 0 Å². The van der Waals surface area contributed by atoms with Crippen LogP contribution in [0.2, 0.25) is 0 Å². The number of carbonyl (C=O) groups is 2. The number of ether oxygens (including phenoxy) is 2. The number of hydrogen-bond donors (Lipinski definition) is 2. The molecule has 0 bridgehead atoms. The van der Waals surface area contributed by atoms with Crippen LogP contribution in [0.1, 0.15) is 11.4 Å². The fourth-order valence-electron chi connectivity index (χ4n) is 2.06. The van der Waals surface area contributed by atoms with Crippen molar-refractivity contribution in [2.24, 2.45) is 0 Å². The van der Waals surface area contributed by atoms with Crippen molar-refractivity contribution in [1.82, 2.24) is 10.3 Å². The van der Waals surface area contributed by atoms with Gasteiger partial charge >= 0.3 is 12.2 Å². The molecule has 2 amide bonds. The normalized spacial score (nSPS) is 10.1. The molecule has 0 fully saturated rings. The molecule has 0 unspecified atom stereocenters. The van der Waals surface area contributed by atoms with Gasteiger partial charge in [-0.05, 0) is 24.3 Å². The molecule has 0 radical (unpaired) electrons. The van der Waals surface area contributed by atoms with Gasteiger partial charge in [0.1, 0.15) is 24.6 Å². The monoisotopic (exact) mass is 368 g/mol. The minimum Gasteiger partial charge on any atom is -0.443 e. The summed E-state index contributed by atoms with van der Waals surface area (Å²) in [4.78, 5) is 23.6. The molecule has 0 aliphatic rings. The second-order valence-electron chi connectivity index (χ2n) is 5.29. The average Bonchev–Trinajstić information content (AvgIpc) is 3.14. The molecule has 2 N–H and O–H groups in total. The van der Waals surface area contributed by atoms with E-state index in [1.807, 2.05) is 12.1 Å². The average molecular weight is 368 g/mol. The summed E-state index contributed by atoms with van der Waals surface area (Å²) in [5, 5.41) is 12.4. The summed E-state index contributed by atoms with van der Waals surface area (Å²) in [7, 11) is 0. The minimum absolute atomic E-state index is 0.179. The number of aromatic nitrogens is 2. The highest BCUT2D eigenvalue weighted by molar-refractivity contribution is 5.85. The van der Waals surface area contributed by atoms with Gasteiger partial charge in [-0.15, -0.1) is 0 Å². The maximum absolute atomic E-state index is 11.8. The third kappa shape index (κ3) is 5.56. The van der Waals surface area contributed by atoms with E-state index in [2.05, 4.69) is 25.6 Å². The van der Waals surface area contributed by atoms with Crippen LogP contribution in [0.25, 0.3) is 0 Å². The van der Waals surface area contributed by atoms with Crippen molar-refractivity contribution in [2.75, 3.05) is 10.6 Å². The van der Waals surface area contributed by atoms with Gasteiger partial charge in [0.25, 0.3) is 0 Å². The number of hydrogen-bond acceptors (Lipinski definition) is 7. The van der Waals surface area contributed by atoms with E-state index in [1.165, 1.54) is 0 Å². The summed E-state index contributed by atoms with van der Waals surface area (Å²) >= 11 is 0. The molecule has 0 spiro atoms. The van der Waals surface area contributed by atoms with Gasteiger partial charge in [-0.3, -0.25) is 10.6 Å². The van der Waals surface area contributed by atoms with Crippen molar-refractivity contribution >= 4 is 23.6 Å². The Morgan fingerprint density at radius 2 is 1.15 bits per heavy atom. The summed E-state index contributed by atoms with van der Waals surface area (Å²) < 4.78 is 14.8. The Kier molecular flexibility index (Phi) is 5.97. The zero-order valence-corrected chi connectivity index (χ0v) is 14.1. The molecule has 9 heteroatoms. The Morgan fingerprint density at radius 1 is 0.741 bits per heavy atom. The molecule has 3 aromatic rings. The Balaban J connectivity index is 1.46. The second kappa shape index (κ2) is 8.99. The summed E-state index contributed by atoms with van der Waals surface area (Å²) in [6, 6.07) is 17.7. The second-order valence-corrected chi connectivity index (χ2v) is 5.29. The Labute approximate surface area is 154 Å². The molecule has 1 heterocycles. The lowest BCUT2D eigenvalue weighted by Gasteiger charge is -2.07. The van der Waals surface area contributed by atoms with Crippen molar-refractivity contribution in [3.8, 4) is 0 Å².